The zero-order valence-electron chi connectivity index (χ0n) is 19.1. The molecule has 0 radical (unpaired) electrons. The van der Waals surface area contributed by atoms with E-state index in [1.54, 1.807) is 0 Å². The molecule has 0 rings (SSSR count). The maximum absolute atomic E-state index is 11.2. The minimum absolute atomic E-state index is 0.0877. The summed E-state index contributed by atoms with van der Waals surface area (Å²) in [5, 5.41) is 8.57. The van der Waals surface area contributed by atoms with Gasteiger partial charge in [-0.2, -0.15) is 8.42 Å². The van der Waals surface area contributed by atoms with E-state index in [1.807, 2.05) is 0 Å². The fraction of sp³-hybridized carbons (Fsp3) is 0.944. The molecule has 0 amide bonds. The third-order valence-corrected chi connectivity index (χ3v) is 8.17. The van der Waals surface area contributed by atoms with Crippen molar-refractivity contribution in [3.05, 3.63) is 0 Å². The van der Waals surface area contributed by atoms with Crippen LogP contribution in [0.3, 0.4) is 0 Å². The molecule has 11 nitrogen and oxygen atoms in total. The molecule has 1 unspecified atom stereocenters. The summed E-state index contributed by atoms with van der Waals surface area (Å²) >= 11 is 0. The maximum atomic E-state index is 11.2. The molecule has 0 aliphatic rings. The highest BCUT2D eigenvalue weighted by molar-refractivity contribution is 7.85. The summed E-state index contributed by atoms with van der Waals surface area (Å²) < 4.78 is 75.7. The Balaban J connectivity index is 4.95. The number of carboxylic acid groups (broad SMARTS) is 1. The molecule has 0 aromatic heterocycles. The van der Waals surface area contributed by atoms with Crippen LogP contribution in [0.2, 0.25) is 19.1 Å². The Kier molecular flexibility index (Phi) is 15.8. The van der Waals surface area contributed by atoms with E-state index in [0.717, 1.165) is 12.5 Å². The van der Waals surface area contributed by atoms with Crippen molar-refractivity contribution in [2.75, 3.05) is 64.1 Å². The summed E-state index contributed by atoms with van der Waals surface area (Å²) in [6, 6.07) is 1.08. The molecule has 192 valence electrons. The standard InChI is InChI=1S/C18H39NO10S2Si/c1-32(2)17-5-9-19(7-3-15-30(22,23)24,8-4-16-31(25,26)27)10-12-29-14-13-28-11-6-18(20)21/h32H,3-17H2,1-2H3,(H2-,20,21,22,23,24,25,26,27). The Bertz CT molecular complexity index is 690. The summed E-state index contributed by atoms with van der Waals surface area (Å²) in [4.78, 5) is 10.4. The van der Waals surface area contributed by atoms with Crippen molar-refractivity contribution < 1.29 is 49.8 Å². The normalized spacial score (nSPS) is 14.5. The zero-order chi connectivity index (χ0) is 24.7. The van der Waals surface area contributed by atoms with Crippen LogP contribution in [-0.2, 0) is 34.5 Å². The quantitative estimate of drug-likeness (QED) is 0.0933. The molecule has 0 spiro atoms. The molecular weight excluding hydrogens is 482 g/mol. The molecule has 0 aliphatic heterocycles. The highest BCUT2D eigenvalue weighted by Gasteiger charge is 2.27. The van der Waals surface area contributed by atoms with Crippen molar-refractivity contribution in [2.45, 2.75) is 44.8 Å². The first-order chi connectivity index (χ1) is 14.7. The van der Waals surface area contributed by atoms with Crippen LogP contribution in [0.1, 0.15) is 25.7 Å². The highest BCUT2D eigenvalue weighted by Crippen LogP contribution is 2.15. The largest absolute Gasteiger partial charge is 0.748 e. The van der Waals surface area contributed by atoms with Crippen LogP contribution in [0.4, 0.5) is 0 Å². The molecule has 0 fully saturated rings. The van der Waals surface area contributed by atoms with Gasteiger partial charge in [-0.3, -0.25) is 9.35 Å². The Morgan fingerprint density at radius 3 is 1.91 bits per heavy atom. The second-order valence-electron chi connectivity index (χ2n) is 8.40. The fourth-order valence-electron chi connectivity index (χ4n) is 3.40. The summed E-state index contributed by atoms with van der Waals surface area (Å²) in [5.74, 6) is -1.81. The van der Waals surface area contributed by atoms with Crippen LogP contribution < -0.4 is 0 Å². The second-order valence-corrected chi connectivity index (χ2v) is 14.9. The van der Waals surface area contributed by atoms with E-state index < -0.39 is 40.8 Å². The predicted octanol–water partition coefficient (Wildman–Crippen LogP) is 0.401. The van der Waals surface area contributed by atoms with Gasteiger partial charge in [-0.15, -0.1) is 0 Å². The van der Waals surface area contributed by atoms with E-state index in [-0.39, 0.29) is 44.8 Å². The minimum Gasteiger partial charge on any atom is -0.748 e. The van der Waals surface area contributed by atoms with Crippen molar-refractivity contribution in [3.63, 3.8) is 0 Å². The van der Waals surface area contributed by atoms with Crippen molar-refractivity contribution in [1.82, 2.24) is 0 Å². The Morgan fingerprint density at radius 1 is 0.875 bits per heavy atom. The third-order valence-electron chi connectivity index (χ3n) is 5.02. The lowest BCUT2D eigenvalue weighted by atomic mass is 10.2. The molecule has 0 aliphatic carbocycles. The SMILES string of the molecule is C[SiH](C)CCC[N+](CCCS(=O)(=O)[O-])(CCCS(=O)(=O)O)CCOCCOCCC(=O)O. The Morgan fingerprint density at radius 2 is 1.41 bits per heavy atom. The van der Waals surface area contributed by atoms with Gasteiger partial charge in [0.1, 0.15) is 6.54 Å². The smallest absolute Gasteiger partial charge is 0.305 e. The van der Waals surface area contributed by atoms with Gasteiger partial charge < -0.3 is 23.6 Å². The van der Waals surface area contributed by atoms with E-state index in [9.17, 15) is 26.2 Å². The first-order valence-electron chi connectivity index (χ1n) is 10.9. The number of ether oxygens (including phenoxy) is 2. The average Bonchev–Trinajstić information content (AvgIpc) is 2.61. The number of carboxylic acids is 1. The summed E-state index contributed by atoms with van der Waals surface area (Å²) in [5.41, 5.74) is 0. The van der Waals surface area contributed by atoms with E-state index in [4.69, 9.17) is 19.1 Å². The lowest BCUT2D eigenvalue weighted by Crippen LogP contribution is -2.53. The fourth-order valence-corrected chi connectivity index (χ4v) is 5.38. The van der Waals surface area contributed by atoms with Crippen LogP contribution in [0.25, 0.3) is 0 Å². The van der Waals surface area contributed by atoms with Gasteiger partial charge in [0, 0.05) is 27.4 Å². The summed E-state index contributed by atoms with van der Waals surface area (Å²) in [7, 11) is -9.26. The van der Waals surface area contributed by atoms with Crippen LogP contribution in [-0.4, -0.2) is 114 Å². The number of quaternary nitrogens is 1. The van der Waals surface area contributed by atoms with Crippen molar-refractivity contribution >= 4 is 35.0 Å². The van der Waals surface area contributed by atoms with Gasteiger partial charge >= 0.3 is 5.97 Å². The third kappa shape index (κ3) is 20.0. The Hall–Kier alpha value is -0.613. The van der Waals surface area contributed by atoms with E-state index >= 15 is 0 Å². The van der Waals surface area contributed by atoms with Crippen molar-refractivity contribution in [2.24, 2.45) is 0 Å². The van der Waals surface area contributed by atoms with Crippen LogP contribution in [0, 0.1) is 0 Å². The molecule has 32 heavy (non-hydrogen) atoms. The van der Waals surface area contributed by atoms with Gasteiger partial charge in [0.25, 0.3) is 10.1 Å². The van der Waals surface area contributed by atoms with Gasteiger partial charge in [0.15, 0.2) is 0 Å². The minimum atomic E-state index is -4.35. The van der Waals surface area contributed by atoms with Gasteiger partial charge in [-0.25, -0.2) is 8.42 Å². The van der Waals surface area contributed by atoms with E-state index in [2.05, 4.69) is 13.1 Å². The molecule has 0 saturated carbocycles. The summed E-state index contributed by atoms with van der Waals surface area (Å²) in [6.07, 6.45) is 1.18. The summed E-state index contributed by atoms with van der Waals surface area (Å²) in [6.45, 7) is 7.38. The molecule has 1 atom stereocenters. The molecular formula is C18H39NO10S2Si. The van der Waals surface area contributed by atoms with E-state index in [0.29, 0.717) is 37.3 Å². The highest BCUT2D eigenvalue weighted by atomic mass is 32.2. The van der Waals surface area contributed by atoms with Crippen LogP contribution in [0.5, 0.6) is 0 Å². The first kappa shape index (κ1) is 31.4. The van der Waals surface area contributed by atoms with Gasteiger partial charge in [-0.1, -0.05) is 19.1 Å². The number of hydrogen-bond acceptors (Lipinski definition) is 8. The molecule has 0 bridgehead atoms. The van der Waals surface area contributed by atoms with Gasteiger partial charge in [-0.05, 0) is 6.42 Å². The molecule has 14 heteroatoms. The van der Waals surface area contributed by atoms with E-state index in [1.165, 1.54) is 0 Å². The average molecular weight is 522 g/mol. The first-order valence-corrected chi connectivity index (χ1v) is 17.2. The molecule has 0 aromatic rings. The lowest BCUT2D eigenvalue weighted by Gasteiger charge is -2.39. The predicted molar refractivity (Wildman–Crippen MR) is 122 cm³/mol. The van der Waals surface area contributed by atoms with Gasteiger partial charge in [0.2, 0.25) is 0 Å². The molecule has 0 heterocycles. The maximum Gasteiger partial charge on any atom is 0.305 e. The Labute approximate surface area is 193 Å². The lowest BCUT2D eigenvalue weighted by molar-refractivity contribution is -0.928. The van der Waals surface area contributed by atoms with Crippen LogP contribution >= 0.6 is 0 Å². The topological polar surface area (TPSA) is 167 Å². The van der Waals surface area contributed by atoms with Crippen molar-refractivity contribution in [3.8, 4) is 0 Å². The van der Waals surface area contributed by atoms with Crippen molar-refractivity contribution in [1.29, 1.82) is 0 Å². The number of aliphatic carboxylic acids is 1. The zero-order valence-corrected chi connectivity index (χ0v) is 21.9. The molecule has 2 N–H and O–H groups in total. The monoisotopic (exact) mass is 521 g/mol. The number of hydrogen-bond donors (Lipinski definition) is 2. The van der Waals surface area contributed by atoms with Gasteiger partial charge in [0.05, 0.1) is 68.4 Å². The second kappa shape index (κ2) is 16.1. The number of carbonyl (C=O) groups is 1. The number of nitrogens with zero attached hydrogens (tertiary/aromatic N) is 1. The molecule has 0 saturated heterocycles. The van der Waals surface area contributed by atoms with Crippen LogP contribution in [0.15, 0.2) is 0 Å². The molecule has 0 aromatic carbocycles. The number of rotatable bonds is 21.